The first-order valence-electron chi connectivity index (χ1n) is 8.96. The fraction of sp³-hybridized carbons (Fsp3) is 0.381. The highest BCUT2D eigenvalue weighted by Crippen LogP contribution is 2.49. The second kappa shape index (κ2) is 8.65. The molecule has 1 saturated heterocycles. The van der Waals surface area contributed by atoms with Crippen LogP contribution in [0.2, 0.25) is 0 Å². The van der Waals surface area contributed by atoms with Gasteiger partial charge in [0.2, 0.25) is 11.7 Å². The number of carbonyl (C=O) groups excluding carboxylic acids is 1. The van der Waals surface area contributed by atoms with E-state index in [1.165, 1.54) is 0 Å². The quantitative estimate of drug-likeness (QED) is 0.706. The topological polar surface area (TPSA) is 51.2 Å². The first-order chi connectivity index (χ1) is 13.5. The van der Waals surface area contributed by atoms with Gasteiger partial charge in [0.25, 0.3) is 0 Å². The van der Waals surface area contributed by atoms with Crippen LogP contribution < -0.4 is 19.1 Å². The van der Waals surface area contributed by atoms with E-state index in [0.29, 0.717) is 29.5 Å². The van der Waals surface area contributed by atoms with Crippen LogP contribution in [0.3, 0.4) is 0 Å². The van der Waals surface area contributed by atoms with E-state index in [0.717, 1.165) is 16.8 Å². The van der Waals surface area contributed by atoms with Gasteiger partial charge in [0.15, 0.2) is 11.5 Å². The molecule has 0 bridgehead atoms. The van der Waals surface area contributed by atoms with Gasteiger partial charge in [-0.3, -0.25) is 4.79 Å². The van der Waals surface area contributed by atoms with Gasteiger partial charge in [-0.25, -0.2) is 0 Å². The molecule has 1 fully saturated rings. The van der Waals surface area contributed by atoms with Crippen LogP contribution in [-0.4, -0.2) is 52.0 Å². The molecule has 0 radical (unpaired) electrons. The van der Waals surface area contributed by atoms with E-state index in [2.05, 4.69) is 29.2 Å². The third-order valence-electron chi connectivity index (χ3n) is 4.77. The molecule has 2 aromatic rings. The molecule has 1 atom stereocenters. The Morgan fingerprint density at radius 3 is 2.25 bits per heavy atom. The SMILES string of the molecule is COc1ccc(C2SCC(=O)N2Cc2ccc(N(C)C)cc2)c(OC)c1OC. The number of ether oxygens (including phenoxy) is 3. The molecule has 0 aliphatic carbocycles. The number of anilines is 1. The van der Waals surface area contributed by atoms with Gasteiger partial charge in [0.1, 0.15) is 5.37 Å². The summed E-state index contributed by atoms with van der Waals surface area (Å²) in [4.78, 5) is 16.6. The summed E-state index contributed by atoms with van der Waals surface area (Å²) < 4.78 is 16.5. The molecule has 0 aromatic heterocycles. The molecular formula is C21H26N2O4S. The number of thioether (sulfide) groups is 1. The van der Waals surface area contributed by atoms with E-state index in [1.54, 1.807) is 33.1 Å². The van der Waals surface area contributed by atoms with Crippen LogP contribution in [0.5, 0.6) is 17.2 Å². The van der Waals surface area contributed by atoms with Crippen LogP contribution in [0.4, 0.5) is 5.69 Å². The van der Waals surface area contributed by atoms with Gasteiger partial charge in [0, 0.05) is 31.9 Å². The Bertz CT molecular complexity index is 839. The monoisotopic (exact) mass is 402 g/mol. The molecule has 0 N–H and O–H groups in total. The number of carbonyl (C=O) groups is 1. The van der Waals surface area contributed by atoms with Crippen molar-refractivity contribution >= 4 is 23.4 Å². The maximum absolute atomic E-state index is 12.6. The summed E-state index contributed by atoms with van der Waals surface area (Å²) in [6.07, 6.45) is 0. The molecule has 150 valence electrons. The molecule has 2 aromatic carbocycles. The van der Waals surface area contributed by atoms with Crippen LogP contribution >= 0.6 is 11.8 Å². The zero-order valence-electron chi connectivity index (χ0n) is 16.9. The second-order valence-electron chi connectivity index (χ2n) is 6.67. The maximum atomic E-state index is 12.6. The summed E-state index contributed by atoms with van der Waals surface area (Å²) >= 11 is 1.59. The molecular weight excluding hydrogens is 376 g/mol. The third kappa shape index (κ3) is 3.85. The lowest BCUT2D eigenvalue weighted by Crippen LogP contribution is -2.28. The number of rotatable bonds is 7. The Morgan fingerprint density at radius 2 is 1.68 bits per heavy atom. The minimum Gasteiger partial charge on any atom is -0.493 e. The molecule has 1 unspecified atom stereocenters. The molecule has 1 aliphatic heterocycles. The number of benzene rings is 2. The lowest BCUT2D eigenvalue weighted by molar-refractivity contribution is -0.128. The van der Waals surface area contributed by atoms with Crippen molar-refractivity contribution in [2.24, 2.45) is 0 Å². The van der Waals surface area contributed by atoms with Gasteiger partial charge in [-0.15, -0.1) is 11.8 Å². The predicted molar refractivity (Wildman–Crippen MR) is 113 cm³/mol. The number of nitrogens with zero attached hydrogens (tertiary/aromatic N) is 2. The number of amides is 1. The van der Waals surface area contributed by atoms with E-state index in [-0.39, 0.29) is 11.3 Å². The average molecular weight is 403 g/mol. The summed E-state index contributed by atoms with van der Waals surface area (Å²) in [5, 5.41) is -0.143. The van der Waals surface area contributed by atoms with E-state index >= 15 is 0 Å². The van der Waals surface area contributed by atoms with E-state index in [4.69, 9.17) is 14.2 Å². The first kappa shape index (κ1) is 20.2. The van der Waals surface area contributed by atoms with Crippen molar-refractivity contribution in [2.75, 3.05) is 46.1 Å². The van der Waals surface area contributed by atoms with Crippen LogP contribution in [-0.2, 0) is 11.3 Å². The predicted octanol–water partition coefficient (Wildman–Crippen LogP) is 3.55. The number of hydrogen-bond acceptors (Lipinski definition) is 6. The van der Waals surface area contributed by atoms with Crippen LogP contribution in [0.1, 0.15) is 16.5 Å². The van der Waals surface area contributed by atoms with Gasteiger partial charge in [-0.05, 0) is 29.8 Å². The maximum Gasteiger partial charge on any atom is 0.234 e. The van der Waals surface area contributed by atoms with E-state index in [9.17, 15) is 4.79 Å². The molecule has 7 heteroatoms. The Labute approximate surface area is 170 Å². The average Bonchev–Trinajstić information content (AvgIpc) is 3.07. The van der Waals surface area contributed by atoms with Crippen LogP contribution in [0, 0.1) is 0 Å². The largest absolute Gasteiger partial charge is 0.493 e. The van der Waals surface area contributed by atoms with Gasteiger partial charge in [-0.2, -0.15) is 0 Å². The van der Waals surface area contributed by atoms with Crippen molar-refractivity contribution in [1.29, 1.82) is 0 Å². The van der Waals surface area contributed by atoms with Crippen molar-refractivity contribution in [2.45, 2.75) is 11.9 Å². The molecule has 0 saturated carbocycles. The van der Waals surface area contributed by atoms with Crippen LogP contribution in [0.25, 0.3) is 0 Å². The van der Waals surface area contributed by atoms with Crippen molar-refractivity contribution < 1.29 is 19.0 Å². The Hall–Kier alpha value is -2.54. The zero-order valence-corrected chi connectivity index (χ0v) is 17.7. The van der Waals surface area contributed by atoms with Gasteiger partial charge in [0.05, 0.1) is 27.1 Å². The summed E-state index contributed by atoms with van der Waals surface area (Å²) in [6, 6.07) is 12.1. The summed E-state index contributed by atoms with van der Waals surface area (Å²) in [6.45, 7) is 0.543. The van der Waals surface area contributed by atoms with Crippen molar-refractivity contribution in [3.63, 3.8) is 0 Å². The Balaban J connectivity index is 1.92. The Kier molecular flexibility index (Phi) is 6.24. The normalized spacial score (nSPS) is 16.2. The molecule has 28 heavy (non-hydrogen) atoms. The highest BCUT2D eigenvalue weighted by molar-refractivity contribution is 8.00. The van der Waals surface area contributed by atoms with Gasteiger partial charge >= 0.3 is 0 Å². The molecule has 6 nitrogen and oxygen atoms in total. The van der Waals surface area contributed by atoms with Gasteiger partial charge in [-0.1, -0.05) is 12.1 Å². The summed E-state index contributed by atoms with van der Waals surface area (Å²) in [5.41, 5.74) is 3.12. The van der Waals surface area contributed by atoms with Crippen molar-refractivity contribution in [3.05, 3.63) is 47.5 Å². The number of hydrogen-bond donors (Lipinski definition) is 0. The highest BCUT2D eigenvalue weighted by atomic mass is 32.2. The molecule has 3 rings (SSSR count). The van der Waals surface area contributed by atoms with Crippen LogP contribution in [0.15, 0.2) is 36.4 Å². The minimum atomic E-state index is -0.143. The zero-order chi connectivity index (χ0) is 20.3. The fourth-order valence-corrected chi connectivity index (χ4v) is 4.50. The number of methoxy groups -OCH3 is 3. The Morgan fingerprint density at radius 1 is 1.00 bits per heavy atom. The molecule has 1 amide bonds. The summed E-state index contributed by atoms with van der Waals surface area (Å²) in [7, 11) is 8.80. The van der Waals surface area contributed by atoms with E-state index < -0.39 is 0 Å². The molecule has 0 spiro atoms. The smallest absolute Gasteiger partial charge is 0.234 e. The third-order valence-corrected chi connectivity index (χ3v) is 6.01. The summed E-state index contributed by atoms with van der Waals surface area (Å²) in [5.74, 6) is 2.30. The van der Waals surface area contributed by atoms with Crippen molar-refractivity contribution in [1.82, 2.24) is 4.90 Å². The van der Waals surface area contributed by atoms with E-state index in [1.807, 2.05) is 31.1 Å². The highest BCUT2D eigenvalue weighted by Gasteiger charge is 2.36. The second-order valence-corrected chi connectivity index (χ2v) is 7.74. The minimum absolute atomic E-state index is 0.114. The fourth-order valence-electron chi connectivity index (χ4n) is 3.30. The molecule has 1 aliphatic rings. The van der Waals surface area contributed by atoms with Gasteiger partial charge < -0.3 is 24.0 Å². The lowest BCUT2D eigenvalue weighted by atomic mass is 10.1. The van der Waals surface area contributed by atoms with Crippen molar-refractivity contribution in [3.8, 4) is 17.2 Å². The standard InChI is InChI=1S/C21H26N2O4S/c1-22(2)15-8-6-14(7-9-15)12-23-18(24)13-28-21(23)16-10-11-17(25-3)20(27-5)19(16)26-4/h6-11,21H,12-13H2,1-5H3. The first-order valence-corrected chi connectivity index (χ1v) is 10.0. The lowest BCUT2D eigenvalue weighted by Gasteiger charge is -2.27. The molecule has 1 heterocycles.